The molecule has 110 valence electrons. The van der Waals surface area contributed by atoms with Crippen molar-refractivity contribution in [3.63, 3.8) is 0 Å². The molecule has 1 fully saturated rings. The van der Waals surface area contributed by atoms with Crippen LogP contribution in [0.1, 0.15) is 23.7 Å². The lowest BCUT2D eigenvalue weighted by molar-refractivity contribution is -0.119. The Morgan fingerprint density at radius 1 is 1.43 bits per heavy atom. The molecule has 0 radical (unpaired) electrons. The summed E-state index contributed by atoms with van der Waals surface area (Å²) in [7, 11) is 1.41. The summed E-state index contributed by atoms with van der Waals surface area (Å²) in [5.74, 6) is -0.368. The van der Waals surface area contributed by atoms with E-state index in [1.165, 1.54) is 19.2 Å². The van der Waals surface area contributed by atoms with Gasteiger partial charge in [-0.2, -0.15) is 0 Å². The van der Waals surface area contributed by atoms with E-state index < -0.39 is 6.04 Å². The largest absolute Gasteiger partial charge is 0.504 e. The number of carbonyl (C=O) groups excluding carboxylic acids is 2. The number of allylic oxidation sites excluding steroid dienone is 1. The van der Waals surface area contributed by atoms with Crippen molar-refractivity contribution in [2.45, 2.75) is 19.4 Å². The first-order chi connectivity index (χ1) is 10.0. The van der Waals surface area contributed by atoms with E-state index in [4.69, 9.17) is 4.74 Å². The van der Waals surface area contributed by atoms with Crippen molar-refractivity contribution in [1.82, 2.24) is 4.90 Å². The van der Waals surface area contributed by atoms with Gasteiger partial charge < -0.3 is 20.1 Å². The molecule has 0 unspecified atom stereocenters. The fourth-order valence-electron chi connectivity index (χ4n) is 2.79. The third-order valence-electron chi connectivity index (χ3n) is 3.98. The summed E-state index contributed by atoms with van der Waals surface area (Å²) in [5.41, 5.74) is 1.72. The number of anilines is 1. The zero-order valence-corrected chi connectivity index (χ0v) is 11.8. The molecule has 2 heterocycles. The quantitative estimate of drug-likeness (QED) is 0.768. The Morgan fingerprint density at radius 2 is 2.19 bits per heavy atom. The van der Waals surface area contributed by atoms with Gasteiger partial charge in [0.25, 0.3) is 5.91 Å². The standard InChI is InChI=1S/C15H16N2O4/c1-3-8-4-11-14(19)16-10-6-12(18)13(21-2)5-9(10)15(20)17(11)7-8/h3,5-6,11,18H,4,7H2,1-2H3,(H,16,19)/b8-3-/t11-/m1/s1. The van der Waals surface area contributed by atoms with Crippen LogP contribution >= 0.6 is 0 Å². The number of fused-ring (bicyclic) bond motifs is 2. The topological polar surface area (TPSA) is 78.9 Å². The molecule has 0 aliphatic carbocycles. The molecule has 3 rings (SSSR count). The predicted molar refractivity (Wildman–Crippen MR) is 76.5 cm³/mol. The van der Waals surface area contributed by atoms with Crippen molar-refractivity contribution in [2.24, 2.45) is 0 Å². The molecule has 2 N–H and O–H groups in total. The molecule has 0 aromatic heterocycles. The molecular formula is C15H16N2O4. The number of amides is 2. The van der Waals surface area contributed by atoms with E-state index in [1.807, 2.05) is 13.0 Å². The number of carbonyl (C=O) groups is 2. The Kier molecular flexibility index (Phi) is 3.08. The van der Waals surface area contributed by atoms with Gasteiger partial charge in [-0.3, -0.25) is 9.59 Å². The average molecular weight is 288 g/mol. The molecule has 1 aromatic rings. The first-order valence-electron chi connectivity index (χ1n) is 6.72. The molecule has 0 saturated carbocycles. The van der Waals surface area contributed by atoms with Gasteiger partial charge in [-0.05, 0) is 19.4 Å². The number of nitrogens with one attached hydrogen (secondary N) is 1. The van der Waals surface area contributed by atoms with Crippen LogP contribution < -0.4 is 10.1 Å². The van der Waals surface area contributed by atoms with Gasteiger partial charge in [0.15, 0.2) is 11.5 Å². The van der Waals surface area contributed by atoms with Gasteiger partial charge in [-0.25, -0.2) is 0 Å². The number of methoxy groups -OCH3 is 1. The molecule has 2 aliphatic heterocycles. The SMILES string of the molecule is C/C=C1/C[C@@H]2C(=O)Nc3cc(O)c(OC)cc3C(=O)N2C1. The van der Waals surface area contributed by atoms with Crippen molar-refractivity contribution >= 4 is 17.5 Å². The summed E-state index contributed by atoms with van der Waals surface area (Å²) in [6.07, 6.45) is 2.48. The summed E-state index contributed by atoms with van der Waals surface area (Å²) < 4.78 is 5.04. The molecule has 1 atom stereocenters. The summed E-state index contributed by atoms with van der Waals surface area (Å²) in [6, 6.07) is 2.32. The molecule has 1 saturated heterocycles. The summed E-state index contributed by atoms with van der Waals surface area (Å²) >= 11 is 0. The highest BCUT2D eigenvalue weighted by molar-refractivity contribution is 6.11. The number of nitrogens with zero attached hydrogens (tertiary/aromatic N) is 1. The zero-order valence-electron chi connectivity index (χ0n) is 11.8. The Hall–Kier alpha value is -2.50. The minimum atomic E-state index is -0.496. The van der Waals surface area contributed by atoms with E-state index in [9.17, 15) is 14.7 Å². The average Bonchev–Trinajstić information content (AvgIpc) is 2.87. The number of aromatic hydroxyl groups is 1. The van der Waals surface area contributed by atoms with Crippen molar-refractivity contribution < 1.29 is 19.4 Å². The molecule has 21 heavy (non-hydrogen) atoms. The fourth-order valence-corrected chi connectivity index (χ4v) is 2.79. The van der Waals surface area contributed by atoms with Gasteiger partial charge in [0, 0.05) is 12.6 Å². The van der Waals surface area contributed by atoms with Crippen LogP contribution in [0.2, 0.25) is 0 Å². The maximum Gasteiger partial charge on any atom is 0.257 e. The van der Waals surface area contributed by atoms with Crippen LogP contribution in [-0.2, 0) is 4.79 Å². The van der Waals surface area contributed by atoms with E-state index in [0.717, 1.165) is 5.57 Å². The first-order valence-corrected chi connectivity index (χ1v) is 6.72. The summed E-state index contributed by atoms with van der Waals surface area (Å²) in [6.45, 7) is 2.36. The third kappa shape index (κ3) is 2.03. The molecule has 0 spiro atoms. The van der Waals surface area contributed by atoms with Crippen LogP contribution in [0.3, 0.4) is 0 Å². The Balaban J connectivity index is 2.10. The first kappa shape index (κ1) is 13.5. The smallest absolute Gasteiger partial charge is 0.257 e. The molecule has 1 aromatic carbocycles. The number of ether oxygens (including phenoxy) is 1. The van der Waals surface area contributed by atoms with Crippen LogP contribution in [0, 0.1) is 0 Å². The van der Waals surface area contributed by atoms with Crippen LogP contribution in [0.5, 0.6) is 11.5 Å². The minimum absolute atomic E-state index is 0.111. The third-order valence-corrected chi connectivity index (χ3v) is 3.98. The summed E-state index contributed by atoms with van der Waals surface area (Å²) in [5, 5.41) is 12.5. The lowest BCUT2D eigenvalue weighted by Crippen LogP contribution is -2.40. The van der Waals surface area contributed by atoms with E-state index in [1.54, 1.807) is 4.90 Å². The lowest BCUT2D eigenvalue weighted by Gasteiger charge is -2.19. The van der Waals surface area contributed by atoms with Gasteiger partial charge in [-0.1, -0.05) is 11.6 Å². The maximum atomic E-state index is 12.7. The van der Waals surface area contributed by atoms with Crippen LogP contribution in [0.4, 0.5) is 5.69 Å². The van der Waals surface area contributed by atoms with Crippen LogP contribution in [0.15, 0.2) is 23.8 Å². The van der Waals surface area contributed by atoms with Crippen molar-refractivity contribution in [2.75, 3.05) is 19.0 Å². The minimum Gasteiger partial charge on any atom is -0.504 e. The van der Waals surface area contributed by atoms with Gasteiger partial charge in [0.2, 0.25) is 5.91 Å². The molecule has 6 nitrogen and oxygen atoms in total. The zero-order chi connectivity index (χ0) is 15.1. The van der Waals surface area contributed by atoms with Gasteiger partial charge >= 0.3 is 0 Å². The fraction of sp³-hybridized carbons (Fsp3) is 0.333. The molecule has 0 bridgehead atoms. The van der Waals surface area contributed by atoms with Gasteiger partial charge in [0.05, 0.1) is 18.4 Å². The Morgan fingerprint density at radius 3 is 2.86 bits per heavy atom. The van der Waals surface area contributed by atoms with E-state index in [0.29, 0.717) is 24.2 Å². The van der Waals surface area contributed by atoms with E-state index in [-0.39, 0.29) is 23.3 Å². The highest BCUT2D eigenvalue weighted by Crippen LogP contribution is 2.37. The predicted octanol–water partition coefficient (Wildman–Crippen LogP) is 1.51. The Bertz CT molecular complexity index is 666. The van der Waals surface area contributed by atoms with Gasteiger partial charge in [0.1, 0.15) is 6.04 Å². The van der Waals surface area contributed by atoms with Crippen molar-refractivity contribution in [3.8, 4) is 11.5 Å². The number of hydrogen-bond acceptors (Lipinski definition) is 4. The molecule has 2 aliphatic rings. The second-order valence-corrected chi connectivity index (χ2v) is 5.16. The van der Waals surface area contributed by atoms with E-state index >= 15 is 0 Å². The molecule has 6 heteroatoms. The monoisotopic (exact) mass is 288 g/mol. The van der Waals surface area contributed by atoms with Gasteiger partial charge in [-0.15, -0.1) is 0 Å². The van der Waals surface area contributed by atoms with Crippen LogP contribution in [0.25, 0.3) is 0 Å². The molecular weight excluding hydrogens is 272 g/mol. The second-order valence-electron chi connectivity index (χ2n) is 5.16. The normalized spacial score (nSPS) is 22.7. The number of rotatable bonds is 1. The van der Waals surface area contributed by atoms with Crippen molar-refractivity contribution in [3.05, 3.63) is 29.3 Å². The number of hydrogen-bond donors (Lipinski definition) is 2. The van der Waals surface area contributed by atoms with Crippen LogP contribution in [-0.4, -0.2) is 41.5 Å². The lowest BCUT2D eigenvalue weighted by atomic mass is 10.1. The highest BCUT2D eigenvalue weighted by Gasteiger charge is 2.40. The maximum absolute atomic E-state index is 12.7. The van der Waals surface area contributed by atoms with E-state index in [2.05, 4.69) is 5.32 Å². The second kappa shape index (κ2) is 4.80. The molecule has 2 amide bonds. The number of benzene rings is 1. The van der Waals surface area contributed by atoms with Crippen molar-refractivity contribution in [1.29, 1.82) is 0 Å². The highest BCUT2D eigenvalue weighted by atomic mass is 16.5. The Labute approximate surface area is 122 Å². The summed E-state index contributed by atoms with van der Waals surface area (Å²) in [4.78, 5) is 26.5. The number of phenolic OH excluding ortho intramolecular Hbond substituents is 1. The number of phenols is 1.